The van der Waals surface area contributed by atoms with Crippen molar-refractivity contribution in [2.75, 3.05) is 7.11 Å². The third kappa shape index (κ3) is 4.15. The fourth-order valence-electron chi connectivity index (χ4n) is 6.83. The molecule has 2 N–H and O–H groups in total. The first kappa shape index (κ1) is 24.2. The van der Waals surface area contributed by atoms with E-state index in [0.717, 1.165) is 58.9 Å². The number of nitrogens with zero attached hydrogens (tertiary/aromatic N) is 3. The Hall–Kier alpha value is -3.12. The number of nitrogens with two attached hydrogens (primary N) is 1. The molecule has 0 radical (unpaired) electrons. The van der Waals surface area contributed by atoms with Crippen molar-refractivity contribution in [3.05, 3.63) is 46.5 Å². The molecule has 4 saturated carbocycles. The second kappa shape index (κ2) is 9.32. The van der Waals surface area contributed by atoms with Gasteiger partial charge < -0.3 is 19.6 Å². The Morgan fingerprint density at radius 2 is 2.03 bits per heavy atom. The van der Waals surface area contributed by atoms with E-state index in [9.17, 15) is 4.79 Å². The fourth-order valence-corrected chi connectivity index (χ4v) is 6.83. The van der Waals surface area contributed by atoms with E-state index in [1.54, 1.807) is 7.11 Å². The monoisotopic (exact) mass is 498 g/mol. The molecule has 2 bridgehead atoms. The highest BCUT2D eigenvalue weighted by molar-refractivity contribution is 6.02. The lowest BCUT2D eigenvalue weighted by molar-refractivity contribution is 0.0538. The standard InChI is InChI=1S/C31H38N4O2/c1-5-6-7-21-15-27(35(18(21)2)17-19-8-9-19)31-33-26-14-22(16-28(37-4)29(26)34(31)3)30(36)24-12-20-10-11-23(24)25(32)13-20/h5-7,14-16,19-20,23-25H,2,8-13,17,32H2,1,3-4H3/b6-5-,21-7-/t20-,23?,24-,25+/m1/s1. The van der Waals surface area contributed by atoms with Gasteiger partial charge in [0.1, 0.15) is 11.3 Å². The molecule has 37 heavy (non-hydrogen) atoms. The van der Waals surface area contributed by atoms with E-state index in [0.29, 0.717) is 23.1 Å². The Labute approximate surface area is 218 Å². The summed E-state index contributed by atoms with van der Waals surface area (Å²) in [6, 6.07) is 6.19. The van der Waals surface area contributed by atoms with Crippen LogP contribution in [0.4, 0.5) is 0 Å². The van der Waals surface area contributed by atoms with Gasteiger partial charge in [0.15, 0.2) is 11.6 Å². The summed E-state index contributed by atoms with van der Waals surface area (Å²) in [6.07, 6.45) is 13.0. The highest BCUT2D eigenvalue weighted by Crippen LogP contribution is 2.46. The Morgan fingerprint density at radius 1 is 1.22 bits per heavy atom. The molecule has 3 aromatic rings. The van der Waals surface area contributed by atoms with Gasteiger partial charge in [-0.25, -0.2) is 4.98 Å². The average molecular weight is 499 g/mol. The first-order chi connectivity index (χ1) is 17.9. The van der Waals surface area contributed by atoms with Gasteiger partial charge in [0.2, 0.25) is 0 Å². The van der Waals surface area contributed by atoms with E-state index in [-0.39, 0.29) is 23.7 Å². The molecule has 4 fully saturated rings. The third-order valence-electron chi connectivity index (χ3n) is 9.02. The maximum absolute atomic E-state index is 13.8. The van der Waals surface area contributed by atoms with Crippen LogP contribution in [0.3, 0.4) is 0 Å². The molecule has 4 aliphatic rings. The number of carbonyl (C=O) groups excluding carboxylic acids is 1. The third-order valence-corrected chi connectivity index (χ3v) is 9.02. The first-order valence-electron chi connectivity index (χ1n) is 13.8. The number of ether oxygens (including phenoxy) is 1. The molecule has 7 rings (SSSR count). The number of benzene rings is 1. The number of hydrogen-bond donors (Lipinski definition) is 1. The van der Waals surface area contributed by atoms with E-state index >= 15 is 0 Å². The lowest BCUT2D eigenvalue weighted by atomic mass is 9.61. The molecule has 0 saturated heterocycles. The van der Waals surface area contributed by atoms with Crippen molar-refractivity contribution in [1.29, 1.82) is 0 Å². The van der Waals surface area contributed by atoms with E-state index in [2.05, 4.69) is 33.9 Å². The lowest BCUT2D eigenvalue weighted by Gasteiger charge is -2.45. The molecule has 194 valence electrons. The van der Waals surface area contributed by atoms with E-state index in [4.69, 9.17) is 15.5 Å². The Morgan fingerprint density at radius 3 is 2.70 bits per heavy atom. The maximum atomic E-state index is 13.8. The minimum absolute atomic E-state index is 0.00190. The minimum Gasteiger partial charge on any atom is -0.494 e. The van der Waals surface area contributed by atoms with Crippen molar-refractivity contribution in [2.24, 2.45) is 36.5 Å². The van der Waals surface area contributed by atoms with Crippen molar-refractivity contribution < 1.29 is 9.53 Å². The predicted molar refractivity (Wildman–Crippen MR) is 149 cm³/mol. The zero-order valence-corrected chi connectivity index (χ0v) is 22.2. The molecule has 1 aromatic carbocycles. The van der Waals surface area contributed by atoms with Crippen LogP contribution in [0.1, 0.15) is 55.8 Å². The van der Waals surface area contributed by atoms with Crippen molar-refractivity contribution in [3.63, 3.8) is 0 Å². The van der Waals surface area contributed by atoms with Gasteiger partial charge in [-0.2, -0.15) is 0 Å². The van der Waals surface area contributed by atoms with Crippen LogP contribution in [0.2, 0.25) is 0 Å². The van der Waals surface area contributed by atoms with Crippen LogP contribution in [-0.2, 0) is 13.6 Å². The Balaban J connectivity index is 1.45. The summed E-state index contributed by atoms with van der Waals surface area (Å²) in [6.45, 7) is 7.38. The van der Waals surface area contributed by atoms with Gasteiger partial charge in [-0.1, -0.05) is 31.2 Å². The number of ketones is 1. The van der Waals surface area contributed by atoms with Crippen LogP contribution >= 0.6 is 0 Å². The van der Waals surface area contributed by atoms with Crippen molar-refractivity contribution >= 4 is 29.5 Å². The van der Waals surface area contributed by atoms with Gasteiger partial charge >= 0.3 is 0 Å². The van der Waals surface area contributed by atoms with Crippen molar-refractivity contribution in [1.82, 2.24) is 14.1 Å². The number of hydrogen-bond acceptors (Lipinski definition) is 4. The molecule has 0 aliphatic heterocycles. The number of aromatic nitrogens is 3. The topological polar surface area (TPSA) is 75.1 Å². The van der Waals surface area contributed by atoms with E-state index < -0.39 is 0 Å². The SMILES string of the molecule is C=c1/c(=C\C=C/C)cc(-c2nc3cc(C(=O)[C@@H]4C[C@H]5CCC4[C@@H](N)C5)cc(OC)c3n2C)n1CC1CC1. The second-order valence-electron chi connectivity index (χ2n) is 11.4. The number of aryl methyl sites for hydroxylation is 1. The number of allylic oxidation sites excluding steroid dienone is 2. The fraction of sp³-hybridized carbons (Fsp3) is 0.484. The molecule has 4 aliphatic carbocycles. The van der Waals surface area contributed by atoms with Crippen LogP contribution in [0.5, 0.6) is 5.75 Å². The van der Waals surface area contributed by atoms with Crippen LogP contribution in [0.25, 0.3) is 35.2 Å². The van der Waals surface area contributed by atoms with E-state index in [1.807, 2.05) is 32.2 Å². The van der Waals surface area contributed by atoms with Gasteiger partial charge in [0.25, 0.3) is 0 Å². The van der Waals surface area contributed by atoms with Gasteiger partial charge in [-0.05, 0) is 80.2 Å². The van der Waals surface area contributed by atoms with Gasteiger partial charge in [-0.3, -0.25) is 4.79 Å². The zero-order chi connectivity index (χ0) is 25.8. The molecule has 0 amide bonds. The van der Waals surface area contributed by atoms with Crippen LogP contribution in [0, 0.1) is 23.7 Å². The summed E-state index contributed by atoms with van der Waals surface area (Å²) in [5.74, 6) is 3.30. The number of methoxy groups -OCH3 is 1. The average Bonchev–Trinajstić information content (AvgIpc) is 3.60. The van der Waals surface area contributed by atoms with E-state index in [1.165, 1.54) is 19.3 Å². The maximum Gasteiger partial charge on any atom is 0.166 e. The lowest BCUT2D eigenvalue weighted by Crippen LogP contribution is -2.48. The number of imidazole rings is 1. The molecule has 2 heterocycles. The first-order valence-corrected chi connectivity index (χ1v) is 13.8. The zero-order valence-electron chi connectivity index (χ0n) is 22.2. The summed E-state index contributed by atoms with van der Waals surface area (Å²) >= 11 is 0. The summed E-state index contributed by atoms with van der Waals surface area (Å²) in [7, 11) is 3.70. The minimum atomic E-state index is 0.00190. The second-order valence-corrected chi connectivity index (χ2v) is 11.4. The normalized spacial score (nSPS) is 26.0. The quantitative estimate of drug-likeness (QED) is 0.496. The Bertz CT molecular complexity index is 1510. The largest absolute Gasteiger partial charge is 0.494 e. The summed E-state index contributed by atoms with van der Waals surface area (Å²) < 4.78 is 10.2. The van der Waals surface area contributed by atoms with Gasteiger partial charge in [-0.15, -0.1) is 0 Å². The highest BCUT2D eigenvalue weighted by atomic mass is 16.5. The number of carbonyl (C=O) groups is 1. The summed E-state index contributed by atoms with van der Waals surface area (Å²) in [5.41, 5.74) is 9.88. The molecule has 6 nitrogen and oxygen atoms in total. The van der Waals surface area contributed by atoms with Crippen molar-refractivity contribution in [2.45, 2.75) is 58.0 Å². The molecular weight excluding hydrogens is 460 g/mol. The molecule has 2 aromatic heterocycles. The van der Waals surface area contributed by atoms with Crippen molar-refractivity contribution in [3.8, 4) is 17.3 Å². The highest BCUT2D eigenvalue weighted by Gasteiger charge is 2.44. The summed E-state index contributed by atoms with van der Waals surface area (Å²) in [5, 5.41) is 2.12. The van der Waals surface area contributed by atoms with Crippen LogP contribution in [-0.4, -0.2) is 33.1 Å². The Kier molecular flexibility index (Phi) is 6.10. The molecule has 4 atom stereocenters. The molecule has 1 unspecified atom stereocenters. The number of Topliss-reactive ketones (excluding diaryl/α,β-unsaturated/α-hetero) is 1. The number of fused-ring (bicyclic) bond motifs is 4. The summed E-state index contributed by atoms with van der Waals surface area (Å²) in [4.78, 5) is 18.9. The van der Waals surface area contributed by atoms with Gasteiger partial charge in [0, 0.05) is 36.5 Å². The van der Waals surface area contributed by atoms with Crippen LogP contribution in [0.15, 0.2) is 30.4 Å². The predicted octanol–water partition coefficient (Wildman–Crippen LogP) is 4.17. The smallest absolute Gasteiger partial charge is 0.166 e. The molecule has 6 heteroatoms. The molecule has 0 spiro atoms. The molecular formula is C31H38N4O2. The van der Waals surface area contributed by atoms with Crippen LogP contribution < -0.4 is 21.0 Å². The van der Waals surface area contributed by atoms with Gasteiger partial charge in [0.05, 0.1) is 18.3 Å². The number of rotatable bonds is 7.